The second-order valence-electron chi connectivity index (χ2n) is 5.34. The Morgan fingerprint density at radius 2 is 2.20 bits per heavy atom. The molecule has 2 nitrogen and oxygen atoms in total. The van der Waals surface area contributed by atoms with Crippen LogP contribution < -0.4 is 5.32 Å². The molecule has 3 rings (SSSR count). The van der Waals surface area contributed by atoms with Gasteiger partial charge in [0.15, 0.2) is 0 Å². The number of amides is 1. The zero-order valence-corrected chi connectivity index (χ0v) is 12.1. The van der Waals surface area contributed by atoms with Crippen LogP contribution in [0.25, 0.3) is 0 Å². The third-order valence-electron chi connectivity index (χ3n) is 3.98. The van der Waals surface area contributed by atoms with Crippen molar-refractivity contribution in [1.82, 2.24) is 5.32 Å². The lowest BCUT2D eigenvalue weighted by Crippen LogP contribution is -2.35. The van der Waals surface area contributed by atoms with Crippen LogP contribution in [0.2, 0.25) is 0 Å². The van der Waals surface area contributed by atoms with Crippen LogP contribution in [0, 0.1) is 11.7 Å². The summed E-state index contributed by atoms with van der Waals surface area (Å²) in [6, 6.07) is 5.10. The number of carbonyl (C=O) groups excluding carboxylic acids is 1. The van der Waals surface area contributed by atoms with Crippen LogP contribution in [0.5, 0.6) is 0 Å². The largest absolute Gasteiger partial charge is 0.349 e. The highest BCUT2D eigenvalue weighted by Gasteiger charge is 2.27. The van der Waals surface area contributed by atoms with E-state index in [1.807, 2.05) is 6.07 Å². The molecule has 20 heavy (non-hydrogen) atoms. The molecule has 1 heterocycles. The number of benzene rings is 1. The number of nitrogens with one attached hydrogen (secondary N) is 1. The van der Waals surface area contributed by atoms with E-state index >= 15 is 0 Å². The zero-order valence-electron chi connectivity index (χ0n) is 11.3. The molecule has 0 unspecified atom stereocenters. The highest BCUT2D eigenvalue weighted by Crippen LogP contribution is 2.38. The van der Waals surface area contributed by atoms with Crippen LogP contribution in [0.3, 0.4) is 0 Å². The Morgan fingerprint density at radius 3 is 3.00 bits per heavy atom. The lowest BCUT2D eigenvalue weighted by Gasteiger charge is -2.28. The SMILES string of the molecule is O=C(N[C@H]1CCSc2c(F)cccc21)[C@@H]1CC=CCC1. The summed E-state index contributed by atoms with van der Waals surface area (Å²) in [5.41, 5.74) is 0.931. The van der Waals surface area contributed by atoms with Crippen molar-refractivity contribution in [2.45, 2.75) is 36.6 Å². The number of carbonyl (C=O) groups is 1. The average Bonchev–Trinajstić information content (AvgIpc) is 2.49. The Morgan fingerprint density at radius 1 is 1.30 bits per heavy atom. The van der Waals surface area contributed by atoms with Gasteiger partial charge in [-0.25, -0.2) is 4.39 Å². The van der Waals surface area contributed by atoms with E-state index in [4.69, 9.17) is 0 Å². The fourth-order valence-corrected chi connectivity index (χ4v) is 4.00. The van der Waals surface area contributed by atoms with E-state index in [-0.39, 0.29) is 23.7 Å². The van der Waals surface area contributed by atoms with E-state index in [0.717, 1.165) is 37.0 Å². The Bertz CT molecular complexity index is 543. The van der Waals surface area contributed by atoms with Crippen molar-refractivity contribution in [2.75, 3.05) is 5.75 Å². The summed E-state index contributed by atoms with van der Waals surface area (Å²) in [5.74, 6) is 0.865. The second kappa shape index (κ2) is 6.00. The Kier molecular flexibility index (Phi) is 4.10. The van der Waals surface area contributed by atoms with Gasteiger partial charge in [0.05, 0.1) is 6.04 Å². The Hall–Kier alpha value is -1.29. The topological polar surface area (TPSA) is 29.1 Å². The fourth-order valence-electron chi connectivity index (χ4n) is 2.86. The first-order valence-corrected chi connectivity index (χ1v) is 8.11. The molecule has 0 spiro atoms. The van der Waals surface area contributed by atoms with Gasteiger partial charge in [0.25, 0.3) is 0 Å². The van der Waals surface area contributed by atoms with Crippen molar-refractivity contribution < 1.29 is 9.18 Å². The molecule has 2 atom stereocenters. The molecule has 1 aromatic rings. The van der Waals surface area contributed by atoms with Gasteiger partial charge < -0.3 is 5.32 Å². The molecule has 0 saturated heterocycles. The van der Waals surface area contributed by atoms with Gasteiger partial charge in [-0.3, -0.25) is 4.79 Å². The maximum atomic E-state index is 13.8. The highest BCUT2D eigenvalue weighted by molar-refractivity contribution is 7.99. The molecule has 0 radical (unpaired) electrons. The average molecular weight is 291 g/mol. The van der Waals surface area contributed by atoms with Gasteiger partial charge >= 0.3 is 0 Å². The predicted molar refractivity (Wildman–Crippen MR) is 79.1 cm³/mol. The summed E-state index contributed by atoms with van der Waals surface area (Å²) < 4.78 is 13.8. The van der Waals surface area contributed by atoms with Crippen LogP contribution in [0.1, 0.15) is 37.3 Å². The number of thioether (sulfide) groups is 1. The van der Waals surface area contributed by atoms with Crippen LogP contribution in [-0.2, 0) is 4.79 Å². The van der Waals surface area contributed by atoms with Crippen molar-refractivity contribution in [3.63, 3.8) is 0 Å². The maximum Gasteiger partial charge on any atom is 0.223 e. The monoisotopic (exact) mass is 291 g/mol. The third kappa shape index (κ3) is 2.75. The van der Waals surface area contributed by atoms with Gasteiger partial charge in [0.1, 0.15) is 5.82 Å². The highest BCUT2D eigenvalue weighted by atomic mass is 32.2. The van der Waals surface area contributed by atoms with Crippen molar-refractivity contribution in [1.29, 1.82) is 0 Å². The number of fused-ring (bicyclic) bond motifs is 1. The van der Waals surface area contributed by atoms with E-state index < -0.39 is 0 Å². The molecule has 1 amide bonds. The Balaban J connectivity index is 1.74. The summed E-state index contributed by atoms with van der Waals surface area (Å²) >= 11 is 1.54. The van der Waals surface area contributed by atoms with Crippen LogP contribution in [0.4, 0.5) is 4.39 Å². The summed E-state index contributed by atoms with van der Waals surface area (Å²) in [4.78, 5) is 13.0. The minimum atomic E-state index is -0.174. The normalized spacial score (nSPS) is 25.1. The van der Waals surface area contributed by atoms with E-state index in [9.17, 15) is 9.18 Å². The smallest absolute Gasteiger partial charge is 0.223 e. The minimum absolute atomic E-state index is 0.0413. The second-order valence-corrected chi connectivity index (χ2v) is 6.44. The minimum Gasteiger partial charge on any atom is -0.349 e. The van der Waals surface area contributed by atoms with Crippen LogP contribution in [0.15, 0.2) is 35.2 Å². The predicted octanol–water partition coefficient (Wildman–Crippen LogP) is 3.84. The van der Waals surface area contributed by atoms with Gasteiger partial charge in [0.2, 0.25) is 5.91 Å². The molecular weight excluding hydrogens is 273 g/mol. The van der Waals surface area contributed by atoms with Gasteiger partial charge in [0, 0.05) is 16.6 Å². The first kappa shape index (κ1) is 13.7. The van der Waals surface area contributed by atoms with Crippen molar-refractivity contribution in [3.8, 4) is 0 Å². The van der Waals surface area contributed by atoms with Crippen molar-refractivity contribution in [2.24, 2.45) is 5.92 Å². The lowest BCUT2D eigenvalue weighted by atomic mass is 9.92. The van der Waals surface area contributed by atoms with E-state index in [2.05, 4.69) is 17.5 Å². The molecule has 1 N–H and O–H groups in total. The summed E-state index contributed by atoms with van der Waals surface area (Å²) in [5, 5.41) is 3.12. The molecule has 1 aromatic carbocycles. The molecule has 106 valence electrons. The fraction of sp³-hybridized carbons (Fsp3) is 0.438. The third-order valence-corrected chi connectivity index (χ3v) is 5.14. The standard InChI is InChI=1S/C16H18FNOS/c17-13-8-4-7-12-14(9-10-20-15(12)13)18-16(19)11-5-2-1-3-6-11/h1-2,4,7-8,11,14H,3,5-6,9-10H2,(H,18,19)/t11-,14+/m1/s1. The Labute approximate surface area is 122 Å². The van der Waals surface area contributed by atoms with Crippen LogP contribution in [-0.4, -0.2) is 11.7 Å². The van der Waals surface area contributed by atoms with E-state index in [1.54, 1.807) is 17.8 Å². The van der Waals surface area contributed by atoms with Crippen molar-refractivity contribution >= 4 is 17.7 Å². The number of hydrogen-bond donors (Lipinski definition) is 1. The van der Waals surface area contributed by atoms with E-state index in [0.29, 0.717) is 4.90 Å². The molecule has 1 aliphatic carbocycles. The molecule has 1 aliphatic heterocycles. The van der Waals surface area contributed by atoms with Gasteiger partial charge in [-0.2, -0.15) is 0 Å². The van der Waals surface area contributed by atoms with Crippen molar-refractivity contribution in [3.05, 3.63) is 41.7 Å². The number of hydrogen-bond acceptors (Lipinski definition) is 2. The number of allylic oxidation sites excluding steroid dienone is 2. The molecule has 0 fully saturated rings. The first-order valence-electron chi connectivity index (χ1n) is 7.12. The summed E-state index contributed by atoms with van der Waals surface area (Å²) in [7, 11) is 0. The maximum absolute atomic E-state index is 13.8. The quantitative estimate of drug-likeness (QED) is 0.839. The number of rotatable bonds is 2. The molecule has 0 saturated carbocycles. The van der Waals surface area contributed by atoms with Crippen LogP contribution >= 0.6 is 11.8 Å². The van der Waals surface area contributed by atoms with Gasteiger partial charge in [-0.05, 0) is 37.3 Å². The lowest BCUT2D eigenvalue weighted by molar-refractivity contribution is -0.126. The molecular formula is C16H18FNOS. The molecule has 0 aromatic heterocycles. The number of halogens is 1. The van der Waals surface area contributed by atoms with E-state index in [1.165, 1.54) is 6.07 Å². The zero-order chi connectivity index (χ0) is 13.9. The molecule has 2 aliphatic rings. The first-order chi connectivity index (χ1) is 9.75. The molecule has 4 heteroatoms. The van der Waals surface area contributed by atoms with Gasteiger partial charge in [-0.15, -0.1) is 11.8 Å². The summed E-state index contributed by atoms with van der Waals surface area (Å²) in [6.45, 7) is 0. The summed E-state index contributed by atoms with van der Waals surface area (Å²) in [6.07, 6.45) is 7.80. The molecule has 0 bridgehead atoms. The van der Waals surface area contributed by atoms with Gasteiger partial charge in [-0.1, -0.05) is 24.3 Å².